The Balaban J connectivity index is 0.000000377. The van der Waals surface area contributed by atoms with Crippen LogP contribution in [-0.2, 0) is 20.7 Å². The van der Waals surface area contributed by atoms with E-state index in [1.165, 1.54) is 0 Å². The Morgan fingerprint density at radius 1 is 0.892 bits per heavy atom. The Morgan fingerprint density at radius 2 is 1.46 bits per heavy atom. The maximum absolute atomic E-state index is 12.0. The van der Waals surface area contributed by atoms with Crippen LogP contribution < -0.4 is 16.4 Å². The number of nitrogens with two attached hydrogens (primary N) is 1. The van der Waals surface area contributed by atoms with Crippen LogP contribution in [0.4, 0.5) is 4.79 Å². The van der Waals surface area contributed by atoms with Gasteiger partial charge in [-0.1, -0.05) is 48.5 Å². The number of nitrogens with one attached hydrogen (secondary N) is 2. The lowest BCUT2D eigenvalue weighted by Crippen LogP contribution is -2.42. The highest BCUT2D eigenvalue weighted by Gasteiger charge is 2.21. The van der Waals surface area contributed by atoms with Crippen LogP contribution in [-0.4, -0.2) is 58.4 Å². The van der Waals surface area contributed by atoms with Crippen molar-refractivity contribution >= 4 is 23.9 Å². The molecule has 0 saturated heterocycles. The van der Waals surface area contributed by atoms with E-state index in [1.54, 1.807) is 51.1 Å². The van der Waals surface area contributed by atoms with E-state index in [9.17, 15) is 24.3 Å². The number of carbonyl (C=O) groups excluding carboxylic acids is 2. The van der Waals surface area contributed by atoms with Gasteiger partial charge < -0.3 is 31.3 Å². The Bertz CT molecular complexity index is 992. The molecule has 2 aromatic carbocycles. The summed E-state index contributed by atoms with van der Waals surface area (Å²) in [5.74, 6) is -2.42. The summed E-state index contributed by atoms with van der Waals surface area (Å²) in [6.45, 7) is 5.83. The minimum atomic E-state index is -1.04. The molecule has 202 valence electrons. The predicted molar refractivity (Wildman–Crippen MR) is 139 cm³/mol. The molecule has 2 atom stereocenters. The Labute approximate surface area is 217 Å². The summed E-state index contributed by atoms with van der Waals surface area (Å²) in [5, 5.41) is 22.9. The molecule has 6 N–H and O–H groups in total. The van der Waals surface area contributed by atoms with Gasteiger partial charge in [-0.25, -0.2) is 9.59 Å². The van der Waals surface area contributed by atoms with Gasteiger partial charge >= 0.3 is 18.0 Å². The lowest BCUT2D eigenvalue weighted by atomic mass is 10.1. The molecule has 2 amide bonds. The van der Waals surface area contributed by atoms with Crippen LogP contribution in [0.15, 0.2) is 60.7 Å². The second-order valence-electron chi connectivity index (χ2n) is 9.29. The van der Waals surface area contributed by atoms with Crippen molar-refractivity contribution in [2.45, 2.75) is 64.1 Å². The number of carboxylic acids is 2. The van der Waals surface area contributed by atoms with E-state index in [-0.39, 0.29) is 12.3 Å². The van der Waals surface area contributed by atoms with Crippen molar-refractivity contribution in [1.82, 2.24) is 10.6 Å². The molecule has 0 heterocycles. The molecule has 0 aromatic heterocycles. The maximum Gasteiger partial charge on any atom is 0.407 e. The number of amides is 2. The SMILES string of the molecule is CC(C)(C)OC(=O)NCCCCC(N)C(=O)O.O=C(NC(Cc1ccccc1)C(=O)O)c1ccccc1. The fourth-order valence-electron chi connectivity index (χ4n) is 3.00. The topological polar surface area (TPSA) is 168 Å². The van der Waals surface area contributed by atoms with Gasteiger partial charge in [0.15, 0.2) is 0 Å². The highest BCUT2D eigenvalue weighted by molar-refractivity contribution is 5.96. The first-order chi connectivity index (χ1) is 17.4. The van der Waals surface area contributed by atoms with Gasteiger partial charge in [-0.2, -0.15) is 0 Å². The zero-order valence-corrected chi connectivity index (χ0v) is 21.5. The van der Waals surface area contributed by atoms with Crippen LogP contribution in [0.5, 0.6) is 0 Å². The minimum Gasteiger partial charge on any atom is -0.480 e. The van der Waals surface area contributed by atoms with Crippen molar-refractivity contribution in [3.8, 4) is 0 Å². The molecule has 0 fully saturated rings. The van der Waals surface area contributed by atoms with Crippen molar-refractivity contribution in [2.24, 2.45) is 5.73 Å². The highest BCUT2D eigenvalue weighted by atomic mass is 16.6. The van der Waals surface area contributed by atoms with Crippen LogP contribution in [0.2, 0.25) is 0 Å². The average molecular weight is 516 g/mol. The number of carbonyl (C=O) groups is 4. The van der Waals surface area contributed by atoms with Gasteiger partial charge in [0.1, 0.15) is 17.7 Å². The van der Waals surface area contributed by atoms with Crippen LogP contribution in [0.1, 0.15) is 56.0 Å². The zero-order chi connectivity index (χ0) is 27.8. The third kappa shape index (κ3) is 14.3. The van der Waals surface area contributed by atoms with Crippen molar-refractivity contribution in [1.29, 1.82) is 0 Å². The standard InChI is InChI=1S/C16H15NO3.C11H22N2O4/c18-15(13-9-5-2-6-10-13)17-14(16(19)20)11-12-7-3-1-4-8-12;1-11(2,3)17-10(16)13-7-5-4-6-8(12)9(14)15/h1-10,14H,11H2,(H,17,18)(H,19,20);8H,4-7,12H2,1-3H3,(H,13,16)(H,14,15). The quantitative estimate of drug-likeness (QED) is 0.284. The number of hydrogen-bond donors (Lipinski definition) is 5. The molecule has 0 aliphatic heterocycles. The molecular formula is C27H37N3O7. The molecular weight excluding hydrogens is 478 g/mol. The van der Waals surface area contributed by atoms with E-state index >= 15 is 0 Å². The molecule has 37 heavy (non-hydrogen) atoms. The van der Waals surface area contributed by atoms with Crippen molar-refractivity contribution in [3.05, 3.63) is 71.8 Å². The lowest BCUT2D eigenvalue weighted by Gasteiger charge is -2.19. The number of unbranched alkanes of at least 4 members (excludes halogenated alkanes) is 1. The monoisotopic (exact) mass is 515 g/mol. The summed E-state index contributed by atoms with van der Waals surface area (Å²) in [7, 11) is 0. The molecule has 0 aliphatic carbocycles. The van der Waals surface area contributed by atoms with E-state index in [4.69, 9.17) is 15.6 Å². The van der Waals surface area contributed by atoms with Gasteiger partial charge in [0.25, 0.3) is 5.91 Å². The number of rotatable bonds is 11. The van der Waals surface area contributed by atoms with E-state index < -0.39 is 35.7 Å². The van der Waals surface area contributed by atoms with Crippen molar-refractivity contribution in [2.75, 3.05) is 6.54 Å². The number of ether oxygens (including phenoxy) is 1. The number of carboxylic acid groups (broad SMARTS) is 2. The Morgan fingerprint density at radius 3 is 1.97 bits per heavy atom. The normalized spacial score (nSPS) is 12.2. The molecule has 0 saturated carbocycles. The fourth-order valence-corrected chi connectivity index (χ4v) is 3.00. The van der Waals surface area contributed by atoms with Crippen molar-refractivity contribution < 1.29 is 34.1 Å². The number of aliphatic carboxylic acids is 2. The molecule has 0 bridgehead atoms. The smallest absolute Gasteiger partial charge is 0.407 e. The predicted octanol–water partition coefficient (Wildman–Crippen LogP) is 3.21. The second kappa shape index (κ2) is 15.9. The molecule has 10 heteroatoms. The van der Waals surface area contributed by atoms with E-state index in [0.717, 1.165) is 5.56 Å². The molecule has 2 unspecified atom stereocenters. The fraction of sp³-hybridized carbons (Fsp3) is 0.407. The summed E-state index contributed by atoms with van der Waals surface area (Å²) >= 11 is 0. The third-order valence-electron chi connectivity index (χ3n) is 4.85. The average Bonchev–Trinajstić information content (AvgIpc) is 2.83. The van der Waals surface area contributed by atoms with E-state index in [0.29, 0.717) is 31.4 Å². The van der Waals surface area contributed by atoms with Gasteiger partial charge in [-0.05, 0) is 57.7 Å². The first-order valence-corrected chi connectivity index (χ1v) is 12.0. The minimum absolute atomic E-state index is 0.259. The summed E-state index contributed by atoms with van der Waals surface area (Å²) < 4.78 is 5.03. The maximum atomic E-state index is 12.0. The number of hydrogen-bond acceptors (Lipinski definition) is 6. The van der Waals surface area contributed by atoms with Crippen LogP contribution in [0.25, 0.3) is 0 Å². The molecule has 0 spiro atoms. The van der Waals surface area contributed by atoms with Gasteiger partial charge in [0, 0.05) is 18.5 Å². The number of benzene rings is 2. The molecule has 2 aromatic rings. The molecule has 0 aliphatic rings. The number of alkyl carbamates (subject to hydrolysis) is 1. The van der Waals surface area contributed by atoms with E-state index in [1.807, 2.05) is 30.3 Å². The largest absolute Gasteiger partial charge is 0.480 e. The van der Waals surface area contributed by atoms with Gasteiger partial charge in [0.2, 0.25) is 0 Å². The van der Waals surface area contributed by atoms with E-state index in [2.05, 4.69) is 10.6 Å². The summed E-state index contributed by atoms with van der Waals surface area (Å²) in [6, 6.07) is 16.0. The summed E-state index contributed by atoms with van der Waals surface area (Å²) in [4.78, 5) is 44.9. The first kappa shape index (κ1) is 31.1. The molecule has 10 nitrogen and oxygen atoms in total. The Kier molecular flexibility index (Phi) is 13.4. The highest BCUT2D eigenvalue weighted by Crippen LogP contribution is 2.07. The summed E-state index contributed by atoms with van der Waals surface area (Å²) in [5.41, 5.74) is 6.15. The van der Waals surface area contributed by atoms with Crippen LogP contribution >= 0.6 is 0 Å². The zero-order valence-electron chi connectivity index (χ0n) is 21.5. The second-order valence-corrected chi connectivity index (χ2v) is 9.29. The van der Waals surface area contributed by atoms with Crippen molar-refractivity contribution in [3.63, 3.8) is 0 Å². The molecule has 0 radical (unpaired) electrons. The molecule has 2 rings (SSSR count). The van der Waals surface area contributed by atoms with Crippen LogP contribution in [0, 0.1) is 0 Å². The van der Waals surface area contributed by atoms with Gasteiger partial charge in [-0.15, -0.1) is 0 Å². The Hall–Kier alpha value is -3.92. The van der Waals surface area contributed by atoms with Gasteiger partial charge in [0.05, 0.1) is 0 Å². The van der Waals surface area contributed by atoms with Crippen LogP contribution in [0.3, 0.4) is 0 Å². The first-order valence-electron chi connectivity index (χ1n) is 12.0. The van der Waals surface area contributed by atoms with Gasteiger partial charge in [-0.3, -0.25) is 9.59 Å². The third-order valence-corrected chi connectivity index (χ3v) is 4.85. The summed E-state index contributed by atoms with van der Waals surface area (Å²) in [6.07, 6.45) is 1.55. The lowest BCUT2D eigenvalue weighted by molar-refractivity contribution is -0.139.